The van der Waals surface area contributed by atoms with Crippen molar-refractivity contribution in [3.05, 3.63) is 12.2 Å². The van der Waals surface area contributed by atoms with Gasteiger partial charge in [0.25, 0.3) is 0 Å². The van der Waals surface area contributed by atoms with Gasteiger partial charge in [-0.1, -0.05) is 32.9 Å². The van der Waals surface area contributed by atoms with Crippen molar-refractivity contribution in [1.82, 2.24) is 0 Å². The van der Waals surface area contributed by atoms with Gasteiger partial charge in [0.15, 0.2) is 5.79 Å². The first-order valence-corrected chi connectivity index (χ1v) is 6.47. The molecule has 2 fully saturated rings. The lowest BCUT2D eigenvalue weighted by atomic mass is 9.90. The Bertz CT molecular complexity index is 309. The summed E-state index contributed by atoms with van der Waals surface area (Å²) in [7, 11) is 0. The predicted octanol–water partition coefficient (Wildman–Crippen LogP) is 2.99. The fraction of sp³-hybridized carbons (Fsp3) is 0.857. The molecule has 2 nitrogen and oxygen atoms in total. The monoisotopic (exact) mass is 222 g/mol. The Labute approximate surface area is 98.0 Å². The number of hydrogen-bond acceptors (Lipinski definition) is 2. The molecule has 0 aromatic rings. The molecule has 3 atom stereocenters. The molecule has 2 heteroatoms. The Morgan fingerprint density at radius 1 is 1.19 bits per heavy atom. The lowest BCUT2D eigenvalue weighted by molar-refractivity contribution is -0.314. The van der Waals surface area contributed by atoms with Crippen molar-refractivity contribution >= 4 is 0 Å². The molecule has 2 aliphatic carbocycles. The molecule has 0 aromatic heterocycles. The average molecular weight is 222 g/mol. The molecule has 3 rings (SSSR count). The lowest BCUT2D eigenvalue weighted by Gasteiger charge is -2.44. The van der Waals surface area contributed by atoms with Gasteiger partial charge in [-0.05, 0) is 18.3 Å². The third-order valence-electron chi connectivity index (χ3n) is 4.57. The number of rotatable bonds is 0. The summed E-state index contributed by atoms with van der Waals surface area (Å²) in [5.74, 6) is 1.68. The second-order valence-corrected chi connectivity index (χ2v) is 6.55. The normalized spacial score (nSPS) is 43.8. The Hall–Kier alpha value is -0.340. The summed E-state index contributed by atoms with van der Waals surface area (Å²) in [5.41, 5.74) is 0.179. The Balaban J connectivity index is 1.78. The van der Waals surface area contributed by atoms with Crippen molar-refractivity contribution in [1.29, 1.82) is 0 Å². The molecule has 1 aliphatic heterocycles. The molecule has 1 heterocycles. The molecule has 1 saturated carbocycles. The van der Waals surface area contributed by atoms with Crippen LogP contribution in [0.1, 0.15) is 33.6 Å². The summed E-state index contributed by atoms with van der Waals surface area (Å²) in [6.07, 6.45) is 7.00. The van der Waals surface area contributed by atoms with E-state index in [9.17, 15) is 0 Å². The highest BCUT2D eigenvalue weighted by Crippen LogP contribution is 2.53. The van der Waals surface area contributed by atoms with Crippen molar-refractivity contribution in [2.75, 3.05) is 13.2 Å². The van der Waals surface area contributed by atoms with Crippen LogP contribution < -0.4 is 0 Å². The van der Waals surface area contributed by atoms with Crippen molar-refractivity contribution in [3.8, 4) is 0 Å². The molecule has 1 saturated heterocycles. The van der Waals surface area contributed by atoms with Gasteiger partial charge in [0, 0.05) is 17.8 Å². The minimum Gasteiger partial charge on any atom is -0.349 e. The summed E-state index contributed by atoms with van der Waals surface area (Å²) in [6, 6.07) is 0. The van der Waals surface area contributed by atoms with Gasteiger partial charge in [-0.3, -0.25) is 0 Å². The fourth-order valence-electron chi connectivity index (χ4n) is 3.46. The predicted molar refractivity (Wildman–Crippen MR) is 62.9 cm³/mol. The quantitative estimate of drug-likeness (QED) is 0.587. The molecule has 0 unspecified atom stereocenters. The Morgan fingerprint density at radius 2 is 1.88 bits per heavy atom. The molecule has 0 radical (unpaired) electrons. The van der Waals surface area contributed by atoms with Crippen LogP contribution in [0.2, 0.25) is 0 Å². The largest absolute Gasteiger partial charge is 0.349 e. The molecule has 16 heavy (non-hydrogen) atoms. The molecule has 1 spiro atoms. The van der Waals surface area contributed by atoms with E-state index in [4.69, 9.17) is 9.47 Å². The topological polar surface area (TPSA) is 18.5 Å². The summed E-state index contributed by atoms with van der Waals surface area (Å²) >= 11 is 0. The van der Waals surface area contributed by atoms with Gasteiger partial charge in [0.05, 0.1) is 13.2 Å². The van der Waals surface area contributed by atoms with Gasteiger partial charge in [-0.25, -0.2) is 0 Å². The molecule has 0 N–H and O–H groups in total. The van der Waals surface area contributed by atoms with E-state index in [-0.39, 0.29) is 11.2 Å². The van der Waals surface area contributed by atoms with Crippen LogP contribution in [0.3, 0.4) is 0 Å². The number of fused-ring (bicyclic) bond motifs is 1. The minimum absolute atomic E-state index is 0.179. The zero-order valence-corrected chi connectivity index (χ0v) is 10.5. The summed E-state index contributed by atoms with van der Waals surface area (Å²) in [6.45, 7) is 8.38. The smallest absolute Gasteiger partial charge is 0.171 e. The summed E-state index contributed by atoms with van der Waals surface area (Å²) < 4.78 is 12.3. The molecule has 0 amide bonds. The number of allylic oxidation sites excluding steroid dienone is 2. The van der Waals surface area contributed by atoms with E-state index >= 15 is 0 Å². The maximum atomic E-state index is 6.13. The second kappa shape index (κ2) is 3.33. The van der Waals surface area contributed by atoms with Crippen LogP contribution in [-0.2, 0) is 9.47 Å². The zero-order valence-electron chi connectivity index (χ0n) is 10.5. The van der Waals surface area contributed by atoms with Gasteiger partial charge in [0.2, 0.25) is 0 Å². The first-order valence-electron chi connectivity index (χ1n) is 6.47. The SMILES string of the molecule is C[C@@H]1[C@@H]2C=CC[C@@H]2CC12OCC(C)(C)CO2. The lowest BCUT2D eigenvalue weighted by Crippen LogP contribution is -2.49. The van der Waals surface area contributed by atoms with Crippen molar-refractivity contribution in [2.24, 2.45) is 23.2 Å². The molecule has 3 aliphatic rings. The fourth-order valence-corrected chi connectivity index (χ4v) is 3.46. The van der Waals surface area contributed by atoms with Crippen molar-refractivity contribution in [3.63, 3.8) is 0 Å². The van der Waals surface area contributed by atoms with E-state index in [1.165, 1.54) is 6.42 Å². The van der Waals surface area contributed by atoms with Gasteiger partial charge in [-0.2, -0.15) is 0 Å². The third-order valence-corrected chi connectivity index (χ3v) is 4.57. The minimum atomic E-state index is -0.268. The van der Waals surface area contributed by atoms with Gasteiger partial charge in [0.1, 0.15) is 0 Å². The maximum Gasteiger partial charge on any atom is 0.171 e. The van der Waals surface area contributed by atoms with Gasteiger partial charge in [-0.15, -0.1) is 0 Å². The van der Waals surface area contributed by atoms with Crippen LogP contribution in [0.5, 0.6) is 0 Å². The highest BCUT2D eigenvalue weighted by Gasteiger charge is 2.55. The van der Waals surface area contributed by atoms with E-state index in [1.807, 2.05) is 0 Å². The second-order valence-electron chi connectivity index (χ2n) is 6.55. The molecule has 0 aromatic carbocycles. The van der Waals surface area contributed by atoms with Crippen LogP contribution in [0.4, 0.5) is 0 Å². The van der Waals surface area contributed by atoms with Crippen LogP contribution >= 0.6 is 0 Å². The van der Waals surface area contributed by atoms with E-state index in [0.29, 0.717) is 11.8 Å². The first-order chi connectivity index (χ1) is 7.53. The maximum absolute atomic E-state index is 6.13. The van der Waals surface area contributed by atoms with Crippen molar-refractivity contribution < 1.29 is 9.47 Å². The average Bonchev–Trinajstić information content (AvgIpc) is 2.76. The van der Waals surface area contributed by atoms with Crippen LogP contribution in [-0.4, -0.2) is 19.0 Å². The Kier molecular flexibility index (Phi) is 2.25. The zero-order chi connectivity index (χ0) is 11.4. The Morgan fingerprint density at radius 3 is 2.50 bits per heavy atom. The van der Waals surface area contributed by atoms with Crippen molar-refractivity contribution in [2.45, 2.75) is 39.4 Å². The number of ether oxygens (including phenoxy) is 2. The molecular weight excluding hydrogens is 200 g/mol. The van der Waals surface area contributed by atoms with E-state index < -0.39 is 0 Å². The third kappa shape index (κ3) is 1.46. The van der Waals surface area contributed by atoms with E-state index in [2.05, 4.69) is 32.9 Å². The van der Waals surface area contributed by atoms with E-state index in [0.717, 1.165) is 25.6 Å². The van der Waals surface area contributed by atoms with E-state index in [1.54, 1.807) is 0 Å². The summed E-state index contributed by atoms with van der Waals surface area (Å²) in [4.78, 5) is 0. The van der Waals surface area contributed by atoms with Gasteiger partial charge >= 0.3 is 0 Å². The molecule has 90 valence electrons. The highest BCUT2D eigenvalue weighted by atomic mass is 16.7. The molecular formula is C14H22O2. The molecule has 0 bridgehead atoms. The van der Waals surface area contributed by atoms with Gasteiger partial charge < -0.3 is 9.47 Å². The first kappa shape index (κ1) is 10.8. The number of hydrogen-bond donors (Lipinski definition) is 0. The van der Waals surface area contributed by atoms with Crippen LogP contribution in [0, 0.1) is 23.2 Å². The van der Waals surface area contributed by atoms with Crippen LogP contribution in [0.25, 0.3) is 0 Å². The summed E-state index contributed by atoms with van der Waals surface area (Å²) in [5, 5.41) is 0. The standard InChI is InChI=1S/C14H22O2/c1-10-12-6-4-5-11(12)7-14(10)15-8-13(2,3)9-16-14/h4,6,10-12H,5,7-9H2,1-3H3/t10-,11-,12+/m1/s1. The highest BCUT2D eigenvalue weighted by molar-refractivity contribution is 5.11. The van der Waals surface area contributed by atoms with Crippen LogP contribution in [0.15, 0.2) is 12.2 Å².